The summed E-state index contributed by atoms with van der Waals surface area (Å²) in [6.07, 6.45) is 4.23. The highest BCUT2D eigenvalue weighted by atomic mass is 79.9. The summed E-state index contributed by atoms with van der Waals surface area (Å²) in [5.74, 6) is 0. The summed E-state index contributed by atoms with van der Waals surface area (Å²) >= 11 is 3.42. The van der Waals surface area contributed by atoms with Crippen LogP contribution in [0.3, 0.4) is 0 Å². The molecule has 21 heavy (non-hydrogen) atoms. The first-order valence-corrected chi connectivity index (χ1v) is 8.76. The summed E-state index contributed by atoms with van der Waals surface area (Å²) in [5, 5.41) is 10.3. The van der Waals surface area contributed by atoms with Crippen molar-refractivity contribution in [3.8, 4) is 0 Å². The number of halogens is 1. The van der Waals surface area contributed by atoms with E-state index in [9.17, 15) is 5.11 Å². The van der Waals surface area contributed by atoms with E-state index in [0.717, 1.165) is 49.1 Å². The van der Waals surface area contributed by atoms with Gasteiger partial charge in [-0.25, -0.2) is 0 Å². The van der Waals surface area contributed by atoms with E-state index in [-0.39, 0.29) is 6.10 Å². The standard InChI is InChI=1S/C17H26BrNO2/c1-2-12-21-16-4-3-10-19(13-16)11-9-17(20)14-5-7-15(18)8-6-14/h5-8,16-17,20H,2-4,9-13H2,1H3. The number of aliphatic hydroxyl groups is 1. The van der Waals surface area contributed by atoms with Crippen LogP contribution in [0.1, 0.15) is 44.3 Å². The molecule has 1 aliphatic heterocycles. The predicted octanol–water partition coefficient (Wildman–Crippen LogP) is 3.76. The molecule has 4 heteroatoms. The third-order valence-electron chi connectivity index (χ3n) is 3.99. The van der Waals surface area contributed by atoms with Crippen LogP contribution in [-0.2, 0) is 4.74 Å². The Kier molecular flexibility index (Phi) is 7.17. The molecule has 1 saturated heterocycles. The molecule has 0 aromatic heterocycles. The van der Waals surface area contributed by atoms with Gasteiger partial charge in [-0.3, -0.25) is 0 Å². The Bertz CT molecular complexity index is 410. The molecule has 1 N–H and O–H groups in total. The number of hydrogen-bond acceptors (Lipinski definition) is 3. The van der Waals surface area contributed by atoms with Crippen LogP contribution in [0, 0.1) is 0 Å². The van der Waals surface area contributed by atoms with Crippen LogP contribution in [0.2, 0.25) is 0 Å². The van der Waals surface area contributed by atoms with Gasteiger partial charge in [-0.15, -0.1) is 0 Å². The van der Waals surface area contributed by atoms with Crippen molar-refractivity contribution in [1.29, 1.82) is 0 Å². The lowest BCUT2D eigenvalue weighted by Gasteiger charge is -2.33. The molecule has 1 aromatic carbocycles. The smallest absolute Gasteiger partial charge is 0.0802 e. The Morgan fingerprint density at radius 1 is 1.38 bits per heavy atom. The molecule has 3 nitrogen and oxygen atoms in total. The Morgan fingerprint density at radius 3 is 2.86 bits per heavy atom. The van der Waals surface area contributed by atoms with Gasteiger partial charge in [-0.2, -0.15) is 0 Å². The third kappa shape index (κ3) is 5.70. The molecule has 2 unspecified atom stereocenters. The van der Waals surface area contributed by atoms with Gasteiger partial charge in [-0.1, -0.05) is 35.0 Å². The van der Waals surface area contributed by atoms with Gasteiger partial charge in [0.1, 0.15) is 0 Å². The summed E-state index contributed by atoms with van der Waals surface area (Å²) < 4.78 is 6.90. The van der Waals surface area contributed by atoms with Gasteiger partial charge < -0.3 is 14.7 Å². The van der Waals surface area contributed by atoms with Crippen LogP contribution >= 0.6 is 15.9 Å². The van der Waals surface area contributed by atoms with E-state index in [2.05, 4.69) is 27.8 Å². The van der Waals surface area contributed by atoms with E-state index >= 15 is 0 Å². The Hall–Kier alpha value is -0.420. The maximum absolute atomic E-state index is 10.3. The van der Waals surface area contributed by atoms with E-state index in [1.165, 1.54) is 12.8 Å². The first-order valence-electron chi connectivity index (χ1n) is 7.96. The van der Waals surface area contributed by atoms with Crippen molar-refractivity contribution in [1.82, 2.24) is 4.90 Å². The monoisotopic (exact) mass is 355 g/mol. The van der Waals surface area contributed by atoms with Crippen molar-refractivity contribution in [2.75, 3.05) is 26.2 Å². The number of benzene rings is 1. The minimum absolute atomic E-state index is 0.378. The molecule has 0 saturated carbocycles. The Morgan fingerprint density at radius 2 is 2.14 bits per heavy atom. The number of likely N-dealkylation sites (tertiary alicyclic amines) is 1. The zero-order chi connectivity index (χ0) is 15.1. The van der Waals surface area contributed by atoms with Gasteiger partial charge in [0.2, 0.25) is 0 Å². The Balaban J connectivity index is 1.75. The highest BCUT2D eigenvalue weighted by Gasteiger charge is 2.20. The molecule has 1 heterocycles. The lowest BCUT2D eigenvalue weighted by Crippen LogP contribution is -2.40. The van der Waals surface area contributed by atoms with Crippen molar-refractivity contribution in [2.45, 2.75) is 44.8 Å². The second-order valence-electron chi connectivity index (χ2n) is 5.79. The number of aliphatic hydroxyl groups excluding tert-OH is 1. The number of rotatable bonds is 7. The van der Waals surface area contributed by atoms with Crippen molar-refractivity contribution in [3.05, 3.63) is 34.3 Å². The maximum Gasteiger partial charge on any atom is 0.0802 e. The third-order valence-corrected chi connectivity index (χ3v) is 4.52. The maximum atomic E-state index is 10.3. The van der Waals surface area contributed by atoms with Crippen LogP contribution in [-0.4, -0.2) is 42.4 Å². The molecule has 1 aliphatic rings. The first-order chi connectivity index (χ1) is 10.2. The van der Waals surface area contributed by atoms with Crippen molar-refractivity contribution in [2.24, 2.45) is 0 Å². The molecule has 0 spiro atoms. The van der Waals surface area contributed by atoms with Gasteiger partial charge in [0.15, 0.2) is 0 Å². The zero-order valence-corrected chi connectivity index (χ0v) is 14.4. The van der Waals surface area contributed by atoms with Gasteiger partial charge in [0, 0.05) is 24.2 Å². The minimum atomic E-state index is -0.380. The topological polar surface area (TPSA) is 32.7 Å². The lowest BCUT2D eigenvalue weighted by molar-refractivity contribution is -0.00347. The van der Waals surface area contributed by atoms with E-state index in [1.54, 1.807) is 0 Å². The number of ether oxygens (including phenoxy) is 1. The molecule has 1 fully saturated rings. The summed E-state index contributed by atoms with van der Waals surface area (Å²) in [7, 11) is 0. The number of piperidine rings is 1. The van der Waals surface area contributed by atoms with E-state index in [1.807, 2.05) is 24.3 Å². The fourth-order valence-electron chi connectivity index (χ4n) is 2.79. The molecule has 0 radical (unpaired) electrons. The fraction of sp³-hybridized carbons (Fsp3) is 0.647. The van der Waals surface area contributed by atoms with Gasteiger partial charge >= 0.3 is 0 Å². The normalized spacial score (nSPS) is 21.4. The van der Waals surface area contributed by atoms with Gasteiger partial charge in [-0.05, 0) is 49.9 Å². The average molecular weight is 356 g/mol. The Labute approximate surface area is 136 Å². The summed E-state index contributed by atoms with van der Waals surface area (Å²) in [6.45, 7) is 6.07. The SMILES string of the molecule is CCCOC1CCCN(CCC(O)c2ccc(Br)cc2)C1. The van der Waals surface area contributed by atoms with Crippen LogP contribution in [0.15, 0.2) is 28.7 Å². The molecule has 1 aromatic rings. The highest BCUT2D eigenvalue weighted by molar-refractivity contribution is 9.10. The van der Waals surface area contributed by atoms with Crippen molar-refractivity contribution in [3.63, 3.8) is 0 Å². The summed E-state index contributed by atoms with van der Waals surface area (Å²) in [6, 6.07) is 7.93. The molecule has 118 valence electrons. The van der Waals surface area contributed by atoms with Crippen LogP contribution in [0.5, 0.6) is 0 Å². The summed E-state index contributed by atoms with van der Waals surface area (Å²) in [5.41, 5.74) is 0.994. The zero-order valence-electron chi connectivity index (χ0n) is 12.8. The molecular formula is C17H26BrNO2. The molecule has 0 bridgehead atoms. The largest absolute Gasteiger partial charge is 0.388 e. The average Bonchev–Trinajstić information content (AvgIpc) is 2.52. The predicted molar refractivity (Wildman–Crippen MR) is 89.4 cm³/mol. The highest BCUT2D eigenvalue weighted by Crippen LogP contribution is 2.21. The summed E-state index contributed by atoms with van der Waals surface area (Å²) in [4.78, 5) is 2.42. The second kappa shape index (κ2) is 8.89. The van der Waals surface area contributed by atoms with Crippen LogP contribution in [0.4, 0.5) is 0 Å². The first kappa shape index (κ1) is 16.9. The number of nitrogens with zero attached hydrogens (tertiary/aromatic N) is 1. The van der Waals surface area contributed by atoms with Crippen molar-refractivity contribution >= 4 is 15.9 Å². The van der Waals surface area contributed by atoms with Crippen molar-refractivity contribution < 1.29 is 9.84 Å². The molecule has 2 rings (SSSR count). The molecule has 2 atom stereocenters. The second-order valence-corrected chi connectivity index (χ2v) is 6.71. The van der Waals surface area contributed by atoms with Gasteiger partial charge in [0.25, 0.3) is 0 Å². The molecule has 0 aliphatic carbocycles. The van der Waals surface area contributed by atoms with Crippen LogP contribution < -0.4 is 0 Å². The van der Waals surface area contributed by atoms with Gasteiger partial charge in [0.05, 0.1) is 12.2 Å². The quantitative estimate of drug-likeness (QED) is 0.807. The number of hydrogen-bond donors (Lipinski definition) is 1. The van der Waals surface area contributed by atoms with E-state index < -0.39 is 0 Å². The molecule has 0 amide bonds. The fourth-order valence-corrected chi connectivity index (χ4v) is 3.06. The van der Waals surface area contributed by atoms with E-state index in [0.29, 0.717) is 6.10 Å². The lowest BCUT2D eigenvalue weighted by atomic mass is 10.0. The van der Waals surface area contributed by atoms with E-state index in [4.69, 9.17) is 4.74 Å². The molecular weight excluding hydrogens is 330 g/mol. The minimum Gasteiger partial charge on any atom is -0.388 e. The van der Waals surface area contributed by atoms with Crippen LogP contribution in [0.25, 0.3) is 0 Å².